The first kappa shape index (κ1) is 13.8. The lowest BCUT2D eigenvalue weighted by atomic mass is 10.0. The fourth-order valence-corrected chi connectivity index (χ4v) is 2.07. The maximum absolute atomic E-state index is 4.29. The van der Waals surface area contributed by atoms with Gasteiger partial charge < -0.3 is 5.32 Å². The first-order valence-corrected chi connectivity index (χ1v) is 6.85. The van der Waals surface area contributed by atoms with Crippen LogP contribution in [-0.2, 0) is 13.1 Å². The van der Waals surface area contributed by atoms with Crippen LogP contribution in [0.25, 0.3) is 0 Å². The van der Waals surface area contributed by atoms with E-state index in [9.17, 15) is 0 Å². The fourth-order valence-electron chi connectivity index (χ4n) is 2.07. The monoisotopic (exact) mass is 261 g/mol. The van der Waals surface area contributed by atoms with E-state index in [1.54, 1.807) is 0 Å². The maximum atomic E-state index is 4.29. The molecule has 5 nitrogen and oxygen atoms in total. The normalized spacial score (nSPS) is 13.1. The molecule has 0 aromatic carbocycles. The van der Waals surface area contributed by atoms with E-state index in [2.05, 4.69) is 42.5 Å². The van der Waals surface area contributed by atoms with Crippen LogP contribution in [0.4, 0.5) is 0 Å². The van der Waals surface area contributed by atoms with Crippen LogP contribution in [0, 0.1) is 12.8 Å². The Hall–Kier alpha value is -1.62. The Bertz CT molecular complexity index is 472. The molecular weight excluding hydrogens is 238 g/mol. The summed E-state index contributed by atoms with van der Waals surface area (Å²) in [6, 6.07) is 2.39. The lowest BCUT2D eigenvalue weighted by Gasteiger charge is -2.22. The summed E-state index contributed by atoms with van der Waals surface area (Å²) >= 11 is 0. The van der Waals surface area contributed by atoms with Gasteiger partial charge in [0, 0.05) is 31.2 Å². The predicted molar refractivity (Wildman–Crippen MR) is 75.8 cm³/mol. The van der Waals surface area contributed by atoms with Crippen molar-refractivity contribution in [3.8, 4) is 0 Å². The van der Waals surface area contributed by atoms with E-state index in [0.29, 0.717) is 12.0 Å². The van der Waals surface area contributed by atoms with Crippen LogP contribution in [0.15, 0.2) is 30.9 Å². The van der Waals surface area contributed by atoms with Gasteiger partial charge in [-0.1, -0.05) is 13.8 Å². The second-order valence-corrected chi connectivity index (χ2v) is 5.31. The molecule has 19 heavy (non-hydrogen) atoms. The van der Waals surface area contributed by atoms with Gasteiger partial charge >= 0.3 is 0 Å². The summed E-state index contributed by atoms with van der Waals surface area (Å²) in [5.41, 5.74) is 1.21. The van der Waals surface area contributed by atoms with E-state index in [4.69, 9.17) is 0 Å². The number of nitrogens with zero attached hydrogens (tertiary/aromatic N) is 4. The quantitative estimate of drug-likeness (QED) is 0.825. The summed E-state index contributed by atoms with van der Waals surface area (Å²) in [6.07, 6.45) is 7.79. The molecule has 0 aliphatic rings. The van der Waals surface area contributed by atoms with Gasteiger partial charge in [-0.25, -0.2) is 0 Å². The standard InChI is InChI=1S/C14H23N5/c1-12(2)14(11-18-7-4-5-16-18)15-6-8-19-10-13(3)9-17-19/h4-5,7,9-10,12,14-15H,6,8,11H2,1-3H3/t14-/m0/s1. The molecule has 0 bridgehead atoms. The van der Waals surface area contributed by atoms with Crippen molar-refractivity contribution in [2.24, 2.45) is 5.92 Å². The largest absolute Gasteiger partial charge is 0.310 e. The molecule has 0 aliphatic heterocycles. The van der Waals surface area contributed by atoms with Crippen molar-refractivity contribution in [3.05, 3.63) is 36.4 Å². The Balaban J connectivity index is 1.80. The van der Waals surface area contributed by atoms with Gasteiger partial charge in [0.1, 0.15) is 0 Å². The molecule has 0 radical (unpaired) electrons. The van der Waals surface area contributed by atoms with Gasteiger partial charge in [-0.05, 0) is 24.5 Å². The van der Waals surface area contributed by atoms with Crippen molar-refractivity contribution in [1.82, 2.24) is 24.9 Å². The van der Waals surface area contributed by atoms with Gasteiger partial charge in [0.15, 0.2) is 0 Å². The Kier molecular flexibility index (Phi) is 4.74. The summed E-state index contributed by atoms with van der Waals surface area (Å²) < 4.78 is 3.96. The Labute approximate surface area is 114 Å². The highest BCUT2D eigenvalue weighted by atomic mass is 15.3. The molecule has 1 atom stereocenters. The average Bonchev–Trinajstić information content (AvgIpc) is 2.99. The van der Waals surface area contributed by atoms with E-state index < -0.39 is 0 Å². The van der Waals surface area contributed by atoms with Crippen molar-refractivity contribution in [3.63, 3.8) is 0 Å². The minimum Gasteiger partial charge on any atom is -0.310 e. The zero-order chi connectivity index (χ0) is 13.7. The highest BCUT2D eigenvalue weighted by Crippen LogP contribution is 2.04. The molecular formula is C14H23N5. The van der Waals surface area contributed by atoms with Crippen LogP contribution in [0.3, 0.4) is 0 Å². The molecule has 2 aromatic rings. The van der Waals surface area contributed by atoms with Gasteiger partial charge in [0.2, 0.25) is 0 Å². The molecule has 0 saturated carbocycles. The van der Waals surface area contributed by atoms with E-state index in [1.807, 2.05) is 34.0 Å². The summed E-state index contributed by atoms with van der Waals surface area (Å²) in [5.74, 6) is 0.573. The predicted octanol–water partition coefficient (Wildman–Crippen LogP) is 1.70. The van der Waals surface area contributed by atoms with Gasteiger partial charge in [-0.2, -0.15) is 10.2 Å². The zero-order valence-corrected chi connectivity index (χ0v) is 12.0. The molecule has 1 N–H and O–H groups in total. The Morgan fingerprint density at radius 1 is 1.26 bits per heavy atom. The molecule has 2 rings (SSSR count). The van der Waals surface area contributed by atoms with Crippen LogP contribution in [0.1, 0.15) is 19.4 Å². The minimum atomic E-state index is 0.427. The van der Waals surface area contributed by atoms with E-state index in [0.717, 1.165) is 19.6 Å². The SMILES string of the molecule is Cc1cnn(CCN[C@@H](Cn2cccn2)C(C)C)c1. The number of aryl methyl sites for hydroxylation is 1. The summed E-state index contributed by atoms with van der Waals surface area (Å²) in [6.45, 7) is 9.26. The van der Waals surface area contributed by atoms with E-state index in [1.165, 1.54) is 5.56 Å². The molecule has 2 heterocycles. The molecule has 104 valence electrons. The van der Waals surface area contributed by atoms with Crippen molar-refractivity contribution < 1.29 is 0 Å². The van der Waals surface area contributed by atoms with E-state index >= 15 is 0 Å². The summed E-state index contributed by atoms with van der Waals surface area (Å²) in [7, 11) is 0. The second kappa shape index (κ2) is 6.52. The smallest absolute Gasteiger partial charge is 0.0565 e. The summed E-state index contributed by atoms with van der Waals surface area (Å²) in [4.78, 5) is 0. The Morgan fingerprint density at radius 2 is 2.11 bits per heavy atom. The highest BCUT2D eigenvalue weighted by molar-refractivity contribution is 4.99. The minimum absolute atomic E-state index is 0.427. The van der Waals surface area contributed by atoms with Crippen molar-refractivity contribution in [2.45, 2.75) is 39.9 Å². The number of aromatic nitrogens is 4. The Morgan fingerprint density at radius 3 is 2.68 bits per heavy atom. The van der Waals surface area contributed by atoms with Crippen LogP contribution in [0.2, 0.25) is 0 Å². The van der Waals surface area contributed by atoms with Crippen molar-refractivity contribution in [2.75, 3.05) is 6.54 Å². The van der Waals surface area contributed by atoms with E-state index in [-0.39, 0.29) is 0 Å². The third-order valence-corrected chi connectivity index (χ3v) is 3.26. The van der Waals surface area contributed by atoms with Crippen LogP contribution in [0.5, 0.6) is 0 Å². The van der Waals surface area contributed by atoms with Gasteiger partial charge in [-0.3, -0.25) is 9.36 Å². The van der Waals surface area contributed by atoms with Crippen LogP contribution >= 0.6 is 0 Å². The molecule has 0 fully saturated rings. The zero-order valence-electron chi connectivity index (χ0n) is 12.0. The fraction of sp³-hybridized carbons (Fsp3) is 0.571. The molecule has 0 spiro atoms. The van der Waals surface area contributed by atoms with Gasteiger partial charge in [-0.15, -0.1) is 0 Å². The lowest BCUT2D eigenvalue weighted by Crippen LogP contribution is -2.39. The number of hydrogen-bond acceptors (Lipinski definition) is 3. The molecule has 2 aromatic heterocycles. The van der Waals surface area contributed by atoms with Crippen molar-refractivity contribution in [1.29, 1.82) is 0 Å². The number of rotatable bonds is 7. The molecule has 5 heteroatoms. The number of hydrogen-bond donors (Lipinski definition) is 1. The summed E-state index contributed by atoms with van der Waals surface area (Å²) in [5, 5.41) is 12.2. The highest BCUT2D eigenvalue weighted by Gasteiger charge is 2.13. The van der Waals surface area contributed by atoms with Gasteiger partial charge in [0.05, 0.1) is 19.3 Å². The molecule has 0 aliphatic carbocycles. The third kappa shape index (κ3) is 4.21. The maximum Gasteiger partial charge on any atom is 0.0565 e. The first-order chi connectivity index (χ1) is 9.15. The third-order valence-electron chi connectivity index (χ3n) is 3.26. The van der Waals surface area contributed by atoms with Crippen molar-refractivity contribution >= 4 is 0 Å². The second-order valence-electron chi connectivity index (χ2n) is 5.31. The molecule has 0 saturated heterocycles. The van der Waals surface area contributed by atoms with Crippen LogP contribution in [-0.4, -0.2) is 32.1 Å². The molecule has 0 amide bonds. The van der Waals surface area contributed by atoms with Gasteiger partial charge in [0.25, 0.3) is 0 Å². The average molecular weight is 261 g/mol. The lowest BCUT2D eigenvalue weighted by molar-refractivity contribution is 0.335. The van der Waals surface area contributed by atoms with Crippen LogP contribution < -0.4 is 5.32 Å². The topological polar surface area (TPSA) is 47.7 Å². The molecule has 0 unspecified atom stereocenters. The number of nitrogens with one attached hydrogen (secondary N) is 1. The first-order valence-electron chi connectivity index (χ1n) is 6.85.